The topological polar surface area (TPSA) is 55.4 Å². The Labute approximate surface area is 178 Å². The van der Waals surface area contributed by atoms with Gasteiger partial charge in [-0.25, -0.2) is 0 Å². The van der Waals surface area contributed by atoms with E-state index in [1.807, 2.05) is 36.4 Å². The maximum absolute atomic E-state index is 13.9. The zero-order chi connectivity index (χ0) is 21.6. The Bertz CT molecular complexity index is 1060. The van der Waals surface area contributed by atoms with Crippen molar-refractivity contribution in [3.63, 3.8) is 0 Å². The number of carbonyl (C=O) groups excluding carboxylic acids is 1. The predicted octanol–water partition coefficient (Wildman–Crippen LogP) is 5.79. The Hall–Kier alpha value is -2.94. The fourth-order valence-corrected chi connectivity index (χ4v) is 4.89. The van der Waals surface area contributed by atoms with Crippen molar-refractivity contribution in [2.75, 3.05) is 7.11 Å². The van der Waals surface area contributed by atoms with Gasteiger partial charge in [0.25, 0.3) is 13.3 Å². The molecule has 0 heterocycles. The van der Waals surface area contributed by atoms with E-state index in [0.717, 1.165) is 5.56 Å². The van der Waals surface area contributed by atoms with E-state index in [2.05, 4.69) is 19.2 Å². The van der Waals surface area contributed by atoms with Crippen molar-refractivity contribution in [3.05, 3.63) is 107 Å². The van der Waals surface area contributed by atoms with Gasteiger partial charge in [0.2, 0.25) is 0 Å². The molecule has 4 nitrogen and oxygen atoms in total. The van der Waals surface area contributed by atoms with E-state index in [1.54, 1.807) is 54.6 Å². The Morgan fingerprint density at radius 2 is 1.47 bits per heavy atom. The molecule has 0 spiro atoms. The van der Waals surface area contributed by atoms with Crippen LogP contribution in [0.15, 0.2) is 90.4 Å². The van der Waals surface area contributed by atoms with Crippen LogP contribution in [0.5, 0.6) is 0 Å². The molecule has 0 radical (unpaired) electrons. The molecule has 5 heteroatoms. The van der Waals surface area contributed by atoms with Crippen molar-refractivity contribution >= 4 is 24.7 Å². The fourth-order valence-electron chi connectivity index (χ4n) is 3.07. The van der Waals surface area contributed by atoms with Crippen molar-refractivity contribution in [1.82, 2.24) is 5.32 Å². The van der Waals surface area contributed by atoms with Crippen LogP contribution in [-0.2, 0) is 9.09 Å². The minimum absolute atomic E-state index is 0.238. The Balaban J connectivity index is 2.06. The highest BCUT2D eigenvalue weighted by Crippen LogP contribution is 2.52. The van der Waals surface area contributed by atoms with Crippen LogP contribution in [0.3, 0.4) is 0 Å². The highest BCUT2D eigenvalue weighted by Gasteiger charge is 2.31. The third-order valence-electron chi connectivity index (χ3n) is 4.85. The minimum Gasteiger partial charge on any atom is -0.324 e. The van der Waals surface area contributed by atoms with Crippen LogP contribution in [0.4, 0.5) is 0 Å². The average Bonchev–Trinajstić information content (AvgIpc) is 2.79. The predicted molar refractivity (Wildman–Crippen MR) is 123 cm³/mol. The third kappa shape index (κ3) is 4.96. The lowest BCUT2D eigenvalue weighted by atomic mass is 10.0. The number of hydrogen-bond donors (Lipinski definition) is 1. The van der Waals surface area contributed by atoms with Crippen LogP contribution in [0.2, 0.25) is 0 Å². The number of benzene rings is 3. The van der Waals surface area contributed by atoms with Crippen molar-refractivity contribution < 1.29 is 13.9 Å². The summed E-state index contributed by atoms with van der Waals surface area (Å²) < 4.78 is 19.5. The first-order valence-corrected chi connectivity index (χ1v) is 11.5. The van der Waals surface area contributed by atoms with E-state index in [0.29, 0.717) is 16.8 Å². The quantitative estimate of drug-likeness (QED) is 0.493. The summed E-state index contributed by atoms with van der Waals surface area (Å²) in [5, 5.41) is 3.36. The highest BCUT2D eigenvalue weighted by atomic mass is 31.2. The second kappa shape index (κ2) is 9.71. The second-order valence-corrected chi connectivity index (χ2v) is 9.71. The SMILES string of the molecule is COP(=O)(/C(=C/c1ccc(C(C)C)cc1)NC(=O)c1ccccc1)c1ccccc1. The van der Waals surface area contributed by atoms with Gasteiger partial charge in [0.15, 0.2) is 0 Å². The highest BCUT2D eigenvalue weighted by molar-refractivity contribution is 7.71. The Morgan fingerprint density at radius 3 is 2.00 bits per heavy atom. The van der Waals surface area contributed by atoms with Crippen molar-refractivity contribution in [3.8, 4) is 0 Å². The molecule has 0 aliphatic carbocycles. The van der Waals surface area contributed by atoms with Gasteiger partial charge < -0.3 is 9.84 Å². The first-order valence-electron chi connectivity index (χ1n) is 9.84. The molecule has 1 amide bonds. The first-order chi connectivity index (χ1) is 14.4. The van der Waals surface area contributed by atoms with Gasteiger partial charge in [0.05, 0.1) is 0 Å². The molecule has 0 saturated carbocycles. The Morgan fingerprint density at radius 1 is 0.900 bits per heavy atom. The van der Waals surface area contributed by atoms with Gasteiger partial charge in [-0.3, -0.25) is 9.36 Å². The molecule has 0 bridgehead atoms. The molecule has 0 aliphatic rings. The van der Waals surface area contributed by atoms with Crippen molar-refractivity contribution in [2.45, 2.75) is 19.8 Å². The maximum atomic E-state index is 13.9. The molecular weight excluding hydrogens is 393 g/mol. The average molecular weight is 419 g/mol. The molecule has 1 atom stereocenters. The Kier molecular flexibility index (Phi) is 7.04. The van der Waals surface area contributed by atoms with Crippen LogP contribution >= 0.6 is 7.37 Å². The largest absolute Gasteiger partial charge is 0.324 e. The lowest BCUT2D eigenvalue weighted by Gasteiger charge is -2.21. The van der Waals surface area contributed by atoms with Gasteiger partial charge in [-0.05, 0) is 47.4 Å². The zero-order valence-electron chi connectivity index (χ0n) is 17.4. The molecule has 1 N–H and O–H groups in total. The van der Waals surface area contributed by atoms with E-state index in [-0.39, 0.29) is 11.3 Å². The first kappa shape index (κ1) is 21.8. The van der Waals surface area contributed by atoms with E-state index >= 15 is 0 Å². The van der Waals surface area contributed by atoms with Gasteiger partial charge in [0.1, 0.15) is 5.44 Å². The van der Waals surface area contributed by atoms with Crippen LogP contribution < -0.4 is 10.6 Å². The number of hydrogen-bond acceptors (Lipinski definition) is 3. The lowest BCUT2D eigenvalue weighted by Crippen LogP contribution is -2.25. The molecule has 3 aromatic rings. The summed E-state index contributed by atoms with van der Waals surface area (Å²) >= 11 is 0. The summed E-state index contributed by atoms with van der Waals surface area (Å²) in [7, 11) is -2.10. The summed E-state index contributed by atoms with van der Waals surface area (Å²) in [6.45, 7) is 4.26. The molecule has 0 aliphatic heterocycles. The summed E-state index contributed by atoms with van der Waals surface area (Å²) in [6, 6.07) is 25.8. The monoisotopic (exact) mass is 419 g/mol. The summed E-state index contributed by atoms with van der Waals surface area (Å²) in [5.41, 5.74) is 2.76. The normalized spacial score (nSPS) is 13.7. The third-order valence-corrected chi connectivity index (χ3v) is 7.22. The van der Waals surface area contributed by atoms with Gasteiger partial charge in [-0.1, -0.05) is 74.5 Å². The summed E-state index contributed by atoms with van der Waals surface area (Å²) in [4.78, 5) is 12.9. The molecule has 1 unspecified atom stereocenters. The van der Waals surface area contributed by atoms with Crippen LogP contribution in [0.1, 0.15) is 41.3 Å². The summed E-state index contributed by atoms with van der Waals surface area (Å²) in [5.74, 6) is 0.0727. The van der Waals surface area contributed by atoms with Crippen LogP contribution in [-0.4, -0.2) is 13.0 Å². The fraction of sp³-hybridized carbons (Fsp3) is 0.160. The van der Waals surface area contributed by atoms with Gasteiger partial charge in [-0.2, -0.15) is 0 Å². The number of rotatable bonds is 7. The van der Waals surface area contributed by atoms with Gasteiger partial charge in [0, 0.05) is 18.0 Å². The van der Waals surface area contributed by atoms with Gasteiger partial charge >= 0.3 is 0 Å². The minimum atomic E-state index is -3.50. The molecule has 0 fully saturated rings. The molecule has 3 aromatic carbocycles. The number of amides is 1. The molecule has 0 aromatic heterocycles. The van der Waals surface area contributed by atoms with Crippen molar-refractivity contribution in [2.24, 2.45) is 0 Å². The smallest absolute Gasteiger partial charge is 0.276 e. The molecule has 3 rings (SSSR count). The van der Waals surface area contributed by atoms with Gasteiger partial charge in [-0.15, -0.1) is 0 Å². The number of carbonyl (C=O) groups is 1. The molecule has 30 heavy (non-hydrogen) atoms. The number of nitrogens with one attached hydrogen (secondary N) is 1. The molecule has 154 valence electrons. The summed E-state index contributed by atoms with van der Waals surface area (Å²) in [6.07, 6.45) is 1.72. The van der Waals surface area contributed by atoms with E-state index < -0.39 is 7.37 Å². The standard InChI is InChI=1S/C25H26NO3P/c1-19(2)21-16-14-20(15-17-21)18-24(26-25(27)22-10-6-4-7-11-22)30(28,29-3)23-12-8-5-9-13-23/h4-19H,1-3H3,(H,26,27)/b24-18+. The van der Waals surface area contributed by atoms with E-state index in [9.17, 15) is 9.36 Å². The molecular formula is C25H26NO3P. The maximum Gasteiger partial charge on any atom is 0.276 e. The van der Waals surface area contributed by atoms with E-state index in [1.165, 1.54) is 12.7 Å². The van der Waals surface area contributed by atoms with E-state index in [4.69, 9.17) is 4.52 Å². The lowest BCUT2D eigenvalue weighted by molar-refractivity contribution is 0.0968. The van der Waals surface area contributed by atoms with Crippen LogP contribution in [0, 0.1) is 0 Å². The second-order valence-electron chi connectivity index (χ2n) is 7.24. The van der Waals surface area contributed by atoms with Crippen molar-refractivity contribution in [1.29, 1.82) is 0 Å². The van der Waals surface area contributed by atoms with Crippen LogP contribution in [0.25, 0.3) is 6.08 Å². The molecule has 0 saturated heterocycles. The zero-order valence-corrected chi connectivity index (χ0v) is 18.3.